The minimum absolute atomic E-state index is 0.0903. The molecule has 4 nitrogen and oxygen atoms in total. The van der Waals surface area contributed by atoms with Gasteiger partial charge >= 0.3 is 0 Å². The van der Waals surface area contributed by atoms with Crippen molar-refractivity contribution in [2.24, 2.45) is 0 Å². The largest absolute Gasteiger partial charge is 0.458 e. The molecule has 318 valence electrons. The van der Waals surface area contributed by atoms with Gasteiger partial charge in [-0.25, -0.2) is 0 Å². The van der Waals surface area contributed by atoms with Crippen LogP contribution in [0.2, 0.25) is 0 Å². The highest BCUT2D eigenvalue weighted by Crippen LogP contribution is 2.58. The van der Waals surface area contributed by atoms with Gasteiger partial charge in [-0.3, -0.25) is 0 Å². The summed E-state index contributed by atoms with van der Waals surface area (Å²) in [5.41, 5.74) is 19.7. The molecule has 0 fully saturated rings. The van der Waals surface area contributed by atoms with E-state index in [9.17, 15) is 0 Å². The van der Waals surface area contributed by atoms with E-state index >= 15 is 0 Å². The van der Waals surface area contributed by atoms with Crippen molar-refractivity contribution >= 4 is 66.7 Å². The van der Waals surface area contributed by atoms with Gasteiger partial charge in [0.15, 0.2) is 0 Å². The standard InChI is InChI=1S/C63H41BN2O2/c1-63(2)47-27-15-12-24-44(47)56-59(63)57-45-25-13-16-28-50(45)66(62(57)58-46-26-14-17-29-51(46)65(61(56)58)42-22-10-5-11-23-42)43-36-54-60-55(37-43)68-53-35-41(39-20-8-4-9-21-39)31-33-49(53)64(60)48-32-30-40(34-52(48)67-54)38-18-6-3-7-19-38/h3-37H,1-2H3. The van der Waals surface area contributed by atoms with Crippen LogP contribution in [0, 0.1) is 0 Å². The molecule has 4 heterocycles. The molecule has 10 aromatic carbocycles. The maximum atomic E-state index is 7.23. The van der Waals surface area contributed by atoms with Gasteiger partial charge in [0.05, 0.1) is 27.8 Å². The van der Waals surface area contributed by atoms with Crippen LogP contribution in [0.25, 0.3) is 88.4 Å². The number of hydrogen-bond donors (Lipinski definition) is 0. The number of benzene rings is 10. The van der Waals surface area contributed by atoms with Crippen LogP contribution in [0.5, 0.6) is 23.0 Å². The highest BCUT2D eigenvalue weighted by molar-refractivity contribution is 6.98. The van der Waals surface area contributed by atoms with Crippen molar-refractivity contribution in [3.05, 3.63) is 223 Å². The second-order valence-electron chi connectivity index (χ2n) is 19.1. The number of aromatic nitrogens is 2. The molecule has 0 bridgehead atoms. The van der Waals surface area contributed by atoms with E-state index in [1.54, 1.807) is 0 Å². The molecule has 15 rings (SSSR count). The average molecular weight is 869 g/mol. The number of ether oxygens (including phenoxy) is 2. The van der Waals surface area contributed by atoms with E-state index in [4.69, 9.17) is 9.47 Å². The van der Waals surface area contributed by atoms with Crippen molar-refractivity contribution in [1.82, 2.24) is 9.13 Å². The molecule has 0 atom stereocenters. The predicted molar refractivity (Wildman–Crippen MR) is 281 cm³/mol. The molecule has 2 aromatic heterocycles. The van der Waals surface area contributed by atoms with E-state index in [1.807, 2.05) is 0 Å². The number of rotatable bonds is 4. The molecule has 0 unspecified atom stereocenters. The average Bonchev–Trinajstić information content (AvgIpc) is 4.00. The molecular formula is C63H41BN2O2. The maximum absolute atomic E-state index is 7.23. The van der Waals surface area contributed by atoms with Gasteiger partial charge in [-0.05, 0) is 86.3 Å². The molecule has 5 heteroatoms. The second kappa shape index (κ2) is 13.8. The Bertz CT molecular complexity index is 4000. The van der Waals surface area contributed by atoms with Crippen molar-refractivity contribution < 1.29 is 9.47 Å². The van der Waals surface area contributed by atoms with Crippen molar-refractivity contribution in [1.29, 1.82) is 0 Å². The lowest BCUT2D eigenvalue weighted by atomic mass is 9.34. The Kier molecular flexibility index (Phi) is 7.62. The molecule has 12 aromatic rings. The van der Waals surface area contributed by atoms with Crippen LogP contribution in [-0.4, -0.2) is 15.8 Å². The minimum Gasteiger partial charge on any atom is -0.458 e. The summed E-state index contributed by atoms with van der Waals surface area (Å²) < 4.78 is 19.5. The first-order chi connectivity index (χ1) is 33.5. The highest BCUT2D eigenvalue weighted by Gasteiger charge is 2.43. The van der Waals surface area contributed by atoms with E-state index in [-0.39, 0.29) is 12.1 Å². The summed E-state index contributed by atoms with van der Waals surface area (Å²) in [4.78, 5) is 0. The minimum atomic E-state index is -0.299. The third kappa shape index (κ3) is 5.05. The van der Waals surface area contributed by atoms with Gasteiger partial charge in [0.2, 0.25) is 0 Å². The van der Waals surface area contributed by atoms with E-state index in [0.29, 0.717) is 0 Å². The van der Waals surface area contributed by atoms with E-state index in [2.05, 4.69) is 235 Å². The lowest BCUT2D eigenvalue weighted by Crippen LogP contribution is -2.57. The summed E-state index contributed by atoms with van der Waals surface area (Å²) in [6.45, 7) is 4.74. The van der Waals surface area contributed by atoms with Crippen LogP contribution < -0.4 is 25.9 Å². The zero-order chi connectivity index (χ0) is 44.8. The van der Waals surface area contributed by atoms with Crippen LogP contribution >= 0.6 is 0 Å². The Labute approximate surface area is 394 Å². The normalized spacial score (nSPS) is 13.8. The Balaban J connectivity index is 1.07. The fourth-order valence-corrected chi connectivity index (χ4v) is 12.3. The van der Waals surface area contributed by atoms with E-state index < -0.39 is 0 Å². The predicted octanol–water partition coefficient (Wildman–Crippen LogP) is 14.2. The Morgan fingerprint density at radius 3 is 1.51 bits per heavy atom. The number of hydrogen-bond acceptors (Lipinski definition) is 2. The highest BCUT2D eigenvalue weighted by atomic mass is 16.5. The zero-order valence-electron chi connectivity index (χ0n) is 37.5. The van der Waals surface area contributed by atoms with E-state index in [1.165, 1.54) is 60.3 Å². The number of para-hydroxylation sites is 3. The smallest absolute Gasteiger partial charge is 0.260 e. The molecule has 0 spiro atoms. The fourth-order valence-electron chi connectivity index (χ4n) is 12.3. The molecule has 3 aliphatic rings. The molecular weight excluding hydrogens is 828 g/mol. The van der Waals surface area contributed by atoms with Gasteiger partial charge in [0, 0.05) is 55.8 Å². The fraction of sp³-hybridized carbons (Fsp3) is 0.0476. The molecule has 68 heavy (non-hydrogen) atoms. The SMILES string of the molecule is CC1(C)c2ccccc2-c2c1c1c3ccccc3n(-c3cc4c5c(c3)Oc3cc(-c6ccccc6)ccc3B5c3ccc(-c5ccccc5)cc3O4)c1c1c3ccccc3n(-c3ccccc3)c21. The van der Waals surface area contributed by atoms with Crippen molar-refractivity contribution in [2.75, 3.05) is 0 Å². The summed E-state index contributed by atoms with van der Waals surface area (Å²) in [6, 6.07) is 77.1. The molecule has 1 aliphatic carbocycles. The topological polar surface area (TPSA) is 28.3 Å². The van der Waals surface area contributed by atoms with Crippen LogP contribution in [0.4, 0.5) is 0 Å². The first-order valence-electron chi connectivity index (χ1n) is 23.6. The number of nitrogens with zero attached hydrogens (tertiary/aromatic N) is 2. The molecule has 0 saturated heterocycles. The molecule has 0 radical (unpaired) electrons. The van der Waals surface area contributed by atoms with Crippen LogP contribution in [0.15, 0.2) is 212 Å². The van der Waals surface area contributed by atoms with Gasteiger partial charge in [-0.15, -0.1) is 0 Å². The third-order valence-corrected chi connectivity index (χ3v) is 15.2. The molecule has 0 saturated carbocycles. The Morgan fingerprint density at radius 2 is 0.912 bits per heavy atom. The lowest BCUT2D eigenvalue weighted by molar-refractivity contribution is 0.464. The third-order valence-electron chi connectivity index (χ3n) is 15.2. The van der Waals surface area contributed by atoms with Crippen LogP contribution in [0.1, 0.15) is 25.0 Å². The summed E-state index contributed by atoms with van der Waals surface area (Å²) in [7, 11) is 0. The van der Waals surface area contributed by atoms with Gasteiger partial charge in [0.25, 0.3) is 6.71 Å². The zero-order valence-corrected chi connectivity index (χ0v) is 37.5. The summed E-state index contributed by atoms with van der Waals surface area (Å²) in [6.07, 6.45) is 0. The monoisotopic (exact) mass is 868 g/mol. The van der Waals surface area contributed by atoms with Gasteiger partial charge in [0.1, 0.15) is 23.0 Å². The van der Waals surface area contributed by atoms with Crippen LogP contribution in [0.3, 0.4) is 0 Å². The van der Waals surface area contributed by atoms with Crippen LogP contribution in [-0.2, 0) is 5.41 Å². The van der Waals surface area contributed by atoms with Gasteiger partial charge in [-0.2, -0.15) is 0 Å². The van der Waals surface area contributed by atoms with E-state index in [0.717, 1.165) is 78.5 Å². The first kappa shape index (κ1) is 37.7. The number of fused-ring (bicyclic) bond motifs is 16. The molecule has 2 aliphatic heterocycles. The van der Waals surface area contributed by atoms with Crippen molar-refractivity contribution in [2.45, 2.75) is 19.3 Å². The summed E-state index contributed by atoms with van der Waals surface area (Å²) >= 11 is 0. The lowest BCUT2D eigenvalue weighted by Gasteiger charge is -2.34. The van der Waals surface area contributed by atoms with Gasteiger partial charge in [-0.1, -0.05) is 178 Å². The first-order valence-corrected chi connectivity index (χ1v) is 23.6. The maximum Gasteiger partial charge on any atom is 0.260 e. The Morgan fingerprint density at radius 1 is 0.412 bits per heavy atom. The van der Waals surface area contributed by atoms with Crippen molar-refractivity contribution in [3.8, 4) is 67.8 Å². The molecule has 0 N–H and O–H groups in total. The summed E-state index contributed by atoms with van der Waals surface area (Å²) in [5, 5.41) is 4.94. The summed E-state index contributed by atoms with van der Waals surface area (Å²) in [5.74, 6) is 3.33. The quantitative estimate of drug-likeness (QED) is 0.165. The van der Waals surface area contributed by atoms with Gasteiger partial charge < -0.3 is 18.6 Å². The second-order valence-corrected chi connectivity index (χ2v) is 19.1. The van der Waals surface area contributed by atoms with Crippen molar-refractivity contribution in [3.63, 3.8) is 0 Å². The Hall–Kier alpha value is -8.54. The molecule has 0 amide bonds.